The van der Waals surface area contributed by atoms with Crippen molar-refractivity contribution in [3.8, 4) is 11.4 Å². The fourth-order valence-electron chi connectivity index (χ4n) is 2.21. The Morgan fingerprint density at radius 3 is 2.52 bits per heavy atom. The van der Waals surface area contributed by atoms with Crippen LogP contribution in [0.2, 0.25) is 0 Å². The number of hydrogen-bond donors (Lipinski definition) is 0. The molecule has 2 aromatic rings. The zero-order valence-corrected chi connectivity index (χ0v) is 13.8. The van der Waals surface area contributed by atoms with Gasteiger partial charge in [0.1, 0.15) is 5.82 Å². The maximum absolute atomic E-state index is 13.0. The first-order valence-corrected chi connectivity index (χ1v) is 8.20. The molecule has 0 radical (unpaired) electrons. The van der Waals surface area contributed by atoms with Crippen LogP contribution in [0, 0.1) is 0 Å². The van der Waals surface area contributed by atoms with Gasteiger partial charge in [0.05, 0.1) is 10.9 Å². The van der Waals surface area contributed by atoms with E-state index in [2.05, 4.69) is 42.1 Å². The number of benzene rings is 1. The molecule has 3 rings (SSSR count). The SMILES string of the molecule is FC(F)(F)c1cc(-c2nnc(CBr)n2C2CC2)ccc1Br. The van der Waals surface area contributed by atoms with Gasteiger partial charge in [0.2, 0.25) is 0 Å². The summed E-state index contributed by atoms with van der Waals surface area (Å²) in [7, 11) is 0. The maximum atomic E-state index is 13.0. The van der Waals surface area contributed by atoms with Gasteiger partial charge in [0.25, 0.3) is 0 Å². The number of alkyl halides is 4. The Balaban J connectivity index is 2.11. The highest BCUT2D eigenvalue weighted by Gasteiger charge is 2.34. The number of aromatic nitrogens is 3. The monoisotopic (exact) mass is 423 g/mol. The van der Waals surface area contributed by atoms with Crippen LogP contribution in [-0.2, 0) is 11.5 Å². The lowest BCUT2D eigenvalue weighted by molar-refractivity contribution is -0.138. The zero-order valence-electron chi connectivity index (χ0n) is 10.7. The van der Waals surface area contributed by atoms with Gasteiger partial charge in [0.15, 0.2) is 5.82 Å². The highest BCUT2D eigenvalue weighted by molar-refractivity contribution is 9.10. The first-order valence-electron chi connectivity index (χ1n) is 6.28. The molecule has 1 aliphatic rings. The molecule has 112 valence electrons. The van der Waals surface area contributed by atoms with Crippen LogP contribution in [0.5, 0.6) is 0 Å². The van der Waals surface area contributed by atoms with Crippen molar-refractivity contribution in [3.05, 3.63) is 34.1 Å². The van der Waals surface area contributed by atoms with Crippen molar-refractivity contribution in [1.82, 2.24) is 14.8 Å². The topological polar surface area (TPSA) is 30.7 Å². The quantitative estimate of drug-likeness (QED) is 0.652. The minimum atomic E-state index is -4.41. The van der Waals surface area contributed by atoms with Crippen molar-refractivity contribution in [3.63, 3.8) is 0 Å². The van der Waals surface area contributed by atoms with E-state index in [-0.39, 0.29) is 4.47 Å². The summed E-state index contributed by atoms with van der Waals surface area (Å²) < 4.78 is 41.0. The van der Waals surface area contributed by atoms with Crippen LogP contribution >= 0.6 is 31.9 Å². The summed E-state index contributed by atoms with van der Waals surface area (Å²) in [6.07, 6.45) is -2.39. The molecule has 1 saturated carbocycles. The molecule has 1 aromatic heterocycles. The Morgan fingerprint density at radius 1 is 1.24 bits per heavy atom. The third-order valence-electron chi connectivity index (χ3n) is 3.33. The molecule has 0 spiro atoms. The molecular weight excluding hydrogens is 415 g/mol. The Hall–Kier alpha value is -0.890. The Labute approximate surface area is 135 Å². The number of hydrogen-bond acceptors (Lipinski definition) is 2. The first kappa shape index (κ1) is 15.0. The molecule has 0 saturated heterocycles. The van der Waals surface area contributed by atoms with Crippen LogP contribution < -0.4 is 0 Å². The maximum Gasteiger partial charge on any atom is 0.417 e. The summed E-state index contributed by atoms with van der Waals surface area (Å²) in [5.74, 6) is 1.23. The number of rotatable bonds is 3. The molecule has 0 N–H and O–H groups in total. The Morgan fingerprint density at radius 2 is 1.95 bits per heavy atom. The van der Waals surface area contributed by atoms with Crippen LogP contribution in [0.1, 0.15) is 30.3 Å². The molecule has 1 aromatic carbocycles. The molecule has 1 aliphatic carbocycles. The average Bonchev–Trinajstić information content (AvgIpc) is 3.17. The summed E-state index contributed by atoms with van der Waals surface area (Å²) in [6.45, 7) is 0. The molecule has 0 bridgehead atoms. The molecule has 8 heteroatoms. The van der Waals surface area contributed by atoms with E-state index >= 15 is 0 Å². The van der Waals surface area contributed by atoms with Crippen molar-refractivity contribution in [2.24, 2.45) is 0 Å². The van der Waals surface area contributed by atoms with Gasteiger partial charge in [-0.15, -0.1) is 10.2 Å². The second kappa shape index (κ2) is 5.39. The van der Waals surface area contributed by atoms with Crippen molar-refractivity contribution in [2.45, 2.75) is 30.4 Å². The Kier molecular flexibility index (Phi) is 3.85. The molecule has 0 atom stereocenters. The van der Waals surface area contributed by atoms with E-state index in [0.717, 1.165) is 24.7 Å². The van der Waals surface area contributed by atoms with Crippen molar-refractivity contribution in [1.29, 1.82) is 0 Å². The summed E-state index contributed by atoms with van der Waals surface area (Å²) in [5, 5.41) is 8.66. The van der Waals surface area contributed by atoms with E-state index < -0.39 is 11.7 Å². The predicted octanol–water partition coefficient (Wildman–Crippen LogP) is 4.96. The van der Waals surface area contributed by atoms with Gasteiger partial charge in [-0.3, -0.25) is 0 Å². The molecule has 0 aliphatic heterocycles. The highest BCUT2D eigenvalue weighted by atomic mass is 79.9. The normalized spacial score (nSPS) is 15.5. The van der Waals surface area contributed by atoms with Crippen molar-refractivity contribution < 1.29 is 13.2 Å². The fraction of sp³-hybridized carbons (Fsp3) is 0.385. The zero-order chi connectivity index (χ0) is 15.2. The molecule has 1 heterocycles. The lowest BCUT2D eigenvalue weighted by atomic mass is 10.1. The summed E-state index contributed by atoms with van der Waals surface area (Å²) in [6, 6.07) is 4.43. The Bertz CT molecular complexity index is 678. The van der Waals surface area contributed by atoms with E-state index in [1.54, 1.807) is 6.07 Å². The summed E-state index contributed by atoms with van der Waals surface area (Å²) >= 11 is 6.28. The van der Waals surface area contributed by atoms with E-state index in [9.17, 15) is 13.2 Å². The van der Waals surface area contributed by atoms with Gasteiger partial charge >= 0.3 is 6.18 Å². The van der Waals surface area contributed by atoms with Gasteiger partial charge in [0, 0.05) is 16.1 Å². The molecular formula is C13H10Br2F3N3. The third-order valence-corrected chi connectivity index (χ3v) is 4.52. The minimum absolute atomic E-state index is 0.0250. The van der Waals surface area contributed by atoms with Crippen LogP contribution in [0.25, 0.3) is 11.4 Å². The number of halogens is 5. The molecule has 21 heavy (non-hydrogen) atoms. The summed E-state index contributed by atoms with van der Waals surface area (Å²) in [5.41, 5.74) is -0.275. The van der Waals surface area contributed by atoms with Crippen LogP contribution in [0.15, 0.2) is 22.7 Å². The predicted molar refractivity (Wildman–Crippen MR) is 79.1 cm³/mol. The lowest BCUT2D eigenvalue weighted by Crippen LogP contribution is -2.07. The molecule has 0 unspecified atom stereocenters. The smallest absolute Gasteiger partial charge is 0.307 e. The highest BCUT2D eigenvalue weighted by Crippen LogP contribution is 2.41. The van der Waals surface area contributed by atoms with Gasteiger partial charge in [-0.05, 0) is 25.0 Å². The van der Waals surface area contributed by atoms with Gasteiger partial charge in [-0.25, -0.2) is 0 Å². The average molecular weight is 425 g/mol. The minimum Gasteiger partial charge on any atom is -0.307 e. The standard InChI is InChI=1S/C13H10Br2F3N3/c14-6-11-19-20-12(21(11)8-2-3-8)7-1-4-10(15)9(5-7)13(16,17)18/h1,4-5,8H,2-3,6H2. The lowest BCUT2D eigenvalue weighted by Gasteiger charge is -2.12. The van der Waals surface area contributed by atoms with E-state index in [0.29, 0.717) is 22.8 Å². The van der Waals surface area contributed by atoms with Gasteiger partial charge in [-0.1, -0.05) is 37.9 Å². The van der Waals surface area contributed by atoms with Crippen LogP contribution in [0.3, 0.4) is 0 Å². The summed E-state index contributed by atoms with van der Waals surface area (Å²) in [4.78, 5) is 0. The third kappa shape index (κ3) is 2.88. The number of nitrogens with zero attached hydrogens (tertiary/aromatic N) is 3. The van der Waals surface area contributed by atoms with E-state index in [1.807, 2.05) is 4.57 Å². The van der Waals surface area contributed by atoms with Gasteiger partial charge in [-0.2, -0.15) is 13.2 Å². The van der Waals surface area contributed by atoms with E-state index in [1.165, 1.54) is 6.07 Å². The molecule has 1 fully saturated rings. The molecule has 0 amide bonds. The molecule has 3 nitrogen and oxygen atoms in total. The van der Waals surface area contributed by atoms with Crippen LogP contribution in [-0.4, -0.2) is 14.8 Å². The second-order valence-electron chi connectivity index (χ2n) is 4.87. The fourth-order valence-corrected chi connectivity index (χ4v) is 3.06. The first-order chi connectivity index (χ1) is 9.91. The van der Waals surface area contributed by atoms with Crippen molar-refractivity contribution in [2.75, 3.05) is 0 Å². The van der Waals surface area contributed by atoms with E-state index in [4.69, 9.17) is 0 Å². The van der Waals surface area contributed by atoms with Gasteiger partial charge < -0.3 is 4.57 Å². The second-order valence-corrected chi connectivity index (χ2v) is 6.28. The van der Waals surface area contributed by atoms with Crippen molar-refractivity contribution >= 4 is 31.9 Å². The largest absolute Gasteiger partial charge is 0.417 e. The van der Waals surface area contributed by atoms with Crippen LogP contribution in [0.4, 0.5) is 13.2 Å².